The largest absolute Gasteiger partial charge is 0.493 e. The highest BCUT2D eigenvalue weighted by Gasteiger charge is 2.34. The number of furan rings is 1. The van der Waals surface area contributed by atoms with E-state index in [1.54, 1.807) is 30.6 Å². The monoisotopic (exact) mass is 581 g/mol. The first kappa shape index (κ1) is 28.8. The molecule has 0 radical (unpaired) electrons. The van der Waals surface area contributed by atoms with Crippen molar-refractivity contribution in [1.82, 2.24) is 4.90 Å². The lowest BCUT2D eigenvalue weighted by molar-refractivity contribution is -0.122. The maximum absolute atomic E-state index is 13.5. The molecule has 1 aromatic heterocycles. The molecule has 1 fully saturated rings. The van der Waals surface area contributed by atoms with Crippen molar-refractivity contribution in [2.75, 3.05) is 13.7 Å². The van der Waals surface area contributed by atoms with Crippen LogP contribution in [0.5, 0.6) is 23.0 Å². The van der Waals surface area contributed by atoms with E-state index >= 15 is 0 Å². The number of nitrogens with zero attached hydrogens (tertiary/aromatic N) is 3. The predicted molar refractivity (Wildman–Crippen MR) is 166 cm³/mol. The smallest absolute Gasteiger partial charge is 0.267 e. The molecule has 8 nitrogen and oxygen atoms in total. The Balaban J connectivity index is 1.37. The van der Waals surface area contributed by atoms with Crippen molar-refractivity contribution in [2.24, 2.45) is 16.1 Å². The van der Waals surface area contributed by atoms with E-state index < -0.39 is 0 Å². The van der Waals surface area contributed by atoms with E-state index in [4.69, 9.17) is 18.6 Å². The highest BCUT2D eigenvalue weighted by atomic mass is 32.2. The molecule has 1 aliphatic heterocycles. The van der Waals surface area contributed by atoms with Crippen LogP contribution in [0.4, 0.5) is 0 Å². The van der Waals surface area contributed by atoms with Crippen LogP contribution in [0.15, 0.2) is 111 Å². The number of carbonyl (C=O) groups is 1. The first-order valence-corrected chi connectivity index (χ1v) is 14.3. The Morgan fingerprint density at radius 2 is 1.76 bits per heavy atom. The summed E-state index contributed by atoms with van der Waals surface area (Å²) < 4.78 is 22.8. The number of thioether (sulfide) groups is 1. The van der Waals surface area contributed by atoms with Crippen molar-refractivity contribution in [2.45, 2.75) is 20.4 Å². The third-order valence-electron chi connectivity index (χ3n) is 6.03. The summed E-state index contributed by atoms with van der Waals surface area (Å²) in [4.78, 5) is 15.6. The Kier molecular flexibility index (Phi) is 9.41. The molecular weight excluding hydrogens is 550 g/mol. The minimum absolute atomic E-state index is 0.187. The molecule has 0 bridgehead atoms. The van der Waals surface area contributed by atoms with Crippen LogP contribution in [-0.4, -0.2) is 35.9 Å². The van der Waals surface area contributed by atoms with E-state index in [9.17, 15) is 4.79 Å². The molecular formula is C33H31N3O5S. The number of benzene rings is 3. The Labute approximate surface area is 249 Å². The third-order valence-corrected chi connectivity index (χ3v) is 7.02. The van der Waals surface area contributed by atoms with E-state index in [1.807, 2.05) is 84.9 Å². The molecule has 3 aromatic carbocycles. The quantitative estimate of drug-likeness (QED) is 0.103. The first-order valence-electron chi connectivity index (χ1n) is 13.5. The summed E-state index contributed by atoms with van der Waals surface area (Å²) in [7, 11) is 1.60. The molecule has 0 saturated carbocycles. The molecule has 0 spiro atoms. The second kappa shape index (κ2) is 13.7. The Hall–Kier alpha value is -4.76. The maximum Gasteiger partial charge on any atom is 0.267 e. The van der Waals surface area contributed by atoms with Gasteiger partial charge < -0.3 is 18.6 Å². The van der Waals surface area contributed by atoms with Gasteiger partial charge in [0, 0.05) is 0 Å². The van der Waals surface area contributed by atoms with Crippen molar-refractivity contribution < 1.29 is 23.4 Å². The Morgan fingerprint density at radius 3 is 2.52 bits per heavy atom. The summed E-state index contributed by atoms with van der Waals surface area (Å²) in [6.45, 7) is 5.00. The third kappa shape index (κ3) is 7.50. The van der Waals surface area contributed by atoms with Crippen molar-refractivity contribution in [3.8, 4) is 23.0 Å². The van der Waals surface area contributed by atoms with Gasteiger partial charge in [0.1, 0.15) is 17.3 Å². The fourth-order valence-electron chi connectivity index (χ4n) is 4.01. The number of carbonyl (C=O) groups excluding carboxylic acids is 1. The van der Waals surface area contributed by atoms with Crippen LogP contribution in [0.2, 0.25) is 0 Å². The van der Waals surface area contributed by atoms with Gasteiger partial charge in [0.05, 0.1) is 37.6 Å². The zero-order chi connectivity index (χ0) is 29.3. The van der Waals surface area contributed by atoms with Gasteiger partial charge in [-0.2, -0.15) is 5.10 Å². The number of rotatable bonds is 11. The van der Waals surface area contributed by atoms with Crippen molar-refractivity contribution in [1.29, 1.82) is 0 Å². The summed E-state index contributed by atoms with van der Waals surface area (Å²) in [6, 6.07) is 26.3. The van der Waals surface area contributed by atoms with Crippen LogP contribution >= 0.6 is 11.8 Å². The van der Waals surface area contributed by atoms with E-state index in [2.05, 4.69) is 24.1 Å². The lowest BCUT2D eigenvalue weighted by Crippen LogP contribution is -2.28. The lowest BCUT2D eigenvalue weighted by Gasteiger charge is -2.13. The van der Waals surface area contributed by atoms with Crippen LogP contribution < -0.4 is 14.2 Å². The van der Waals surface area contributed by atoms with Gasteiger partial charge in [0.25, 0.3) is 5.91 Å². The lowest BCUT2D eigenvalue weighted by atomic mass is 10.2. The average molecular weight is 582 g/mol. The number of hydrogen-bond acceptors (Lipinski definition) is 8. The summed E-state index contributed by atoms with van der Waals surface area (Å²) >= 11 is 1.25. The van der Waals surface area contributed by atoms with Crippen molar-refractivity contribution >= 4 is 35.1 Å². The number of para-hydroxylation sites is 1. The number of ether oxygens (including phenoxy) is 3. The molecule has 1 amide bonds. The number of hydrogen-bond donors (Lipinski definition) is 0. The highest BCUT2D eigenvalue weighted by Crippen LogP contribution is 2.35. The molecule has 214 valence electrons. The molecule has 0 aliphatic carbocycles. The maximum atomic E-state index is 13.5. The van der Waals surface area contributed by atoms with E-state index in [1.165, 1.54) is 11.8 Å². The van der Waals surface area contributed by atoms with Gasteiger partial charge >= 0.3 is 0 Å². The van der Waals surface area contributed by atoms with Gasteiger partial charge in [-0.3, -0.25) is 9.69 Å². The minimum atomic E-state index is -0.187. The van der Waals surface area contributed by atoms with Crippen LogP contribution in [0, 0.1) is 5.92 Å². The van der Waals surface area contributed by atoms with Crippen molar-refractivity contribution in [3.05, 3.63) is 113 Å². The van der Waals surface area contributed by atoms with Gasteiger partial charge in [-0.15, -0.1) is 5.10 Å². The van der Waals surface area contributed by atoms with Gasteiger partial charge in [-0.1, -0.05) is 44.2 Å². The molecule has 42 heavy (non-hydrogen) atoms. The van der Waals surface area contributed by atoms with Crippen LogP contribution in [0.25, 0.3) is 6.08 Å². The van der Waals surface area contributed by atoms with E-state index in [-0.39, 0.29) is 12.5 Å². The van der Waals surface area contributed by atoms with Crippen LogP contribution in [-0.2, 0) is 11.3 Å². The van der Waals surface area contributed by atoms with Gasteiger partial charge in [-0.25, -0.2) is 0 Å². The summed E-state index contributed by atoms with van der Waals surface area (Å²) in [6.07, 6.45) is 5.02. The molecule has 4 aromatic rings. The van der Waals surface area contributed by atoms with Crippen molar-refractivity contribution in [3.63, 3.8) is 0 Å². The van der Waals surface area contributed by atoms with Crippen LogP contribution in [0.1, 0.15) is 30.7 Å². The topological polar surface area (TPSA) is 85.9 Å². The molecule has 1 saturated heterocycles. The number of amides is 1. The summed E-state index contributed by atoms with van der Waals surface area (Å²) in [5.41, 5.74) is 1.61. The molecule has 1 aliphatic rings. The number of amidine groups is 1. The molecule has 9 heteroatoms. The zero-order valence-electron chi connectivity index (χ0n) is 23.6. The number of methoxy groups -OCH3 is 1. The highest BCUT2D eigenvalue weighted by molar-refractivity contribution is 8.18. The van der Waals surface area contributed by atoms with E-state index in [0.29, 0.717) is 45.6 Å². The SMILES string of the molecule is COc1cc(/C=N\N=C2\S/C(=C\c3cccc(Oc4ccccc4)c3)C(=O)N2Cc2ccco2)ccc1OCC(C)C. The summed E-state index contributed by atoms with van der Waals surface area (Å²) in [5.74, 6) is 3.54. The van der Waals surface area contributed by atoms with Gasteiger partial charge in [0.15, 0.2) is 16.7 Å². The Morgan fingerprint density at radius 1 is 0.929 bits per heavy atom. The van der Waals surface area contributed by atoms with Gasteiger partial charge in [-0.05, 0) is 89.5 Å². The summed E-state index contributed by atoms with van der Waals surface area (Å²) in [5, 5.41) is 9.15. The van der Waals surface area contributed by atoms with E-state index in [0.717, 1.165) is 16.9 Å². The molecule has 0 atom stereocenters. The molecule has 0 unspecified atom stereocenters. The second-order valence-corrected chi connectivity index (χ2v) is 10.8. The van der Waals surface area contributed by atoms with Gasteiger partial charge in [0.2, 0.25) is 0 Å². The zero-order valence-corrected chi connectivity index (χ0v) is 24.4. The first-order chi connectivity index (χ1) is 20.5. The Bertz CT molecular complexity index is 1600. The molecule has 0 N–H and O–H groups in total. The standard InChI is InChI=1S/C33H31N3O5S/c1-23(2)22-40-29-15-14-25(18-30(29)38-3)20-34-35-33-36(21-28-13-8-16-39-28)32(37)31(42-33)19-24-9-7-12-27(17-24)41-26-10-5-4-6-11-26/h4-20,23H,21-22H2,1-3H3/b31-19-,34-20-,35-33+. The fraction of sp³-hybridized carbons (Fsp3) is 0.182. The normalized spacial score (nSPS) is 15.3. The van der Waals surface area contributed by atoms with Crippen LogP contribution in [0.3, 0.4) is 0 Å². The molecule has 2 heterocycles. The predicted octanol–water partition coefficient (Wildman–Crippen LogP) is 7.62. The molecule has 5 rings (SSSR count). The average Bonchev–Trinajstić information content (AvgIpc) is 3.61. The fourth-order valence-corrected chi connectivity index (χ4v) is 4.94. The second-order valence-electron chi connectivity index (χ2n) is 9.81. The minimum Gasteiger partial charge on any atom is -0.493 e.